The molecule has 0 radical (unpaired) electrons. The van der Waals surface area contributed by atoms with E-state index in [2.05, 4.69) is 4.98 Å². The monoisotopic (exact) mass is 436 g/mol. The largest absolute Gasteiger partial charge is 0.486 e. The molecule has 1 aromatic heterocycles. The summed E-state index contributed by atoms with van der Waals surface area (Å²) in [5.41, 5.74) is 0.625. The molecule has 5 rings (SSSR count). The third-order valence-corrected chi connectivity index (χ3v) is 5.85. The Morgan fingerprint density at radius 2 is 1.97 bits per heavy atom. The number of nitro groups is 1. The van der Waals surface area contributed by atoms with Gasteiger partial charge in [-0.3, -0.25) is 24.3 Å². The van der Waals surface area contributed by atoms with E-state index in [1.807, 2.05) is 18.2 Å². The third-order valence-electron chi connectivity index (χ3n) is 5.85. The second-order valence-corrected chi connectivity index (χ2v) is 7.78. The highest BCUT2D eigenvalue weighted by molar-refractivity contribution is 5.81. The molecule has 0 bridgehead atoms. The lowest BCUT2D eigenvalue weighted by Crippen LogP contribution is -2.36. The van der Waals surface area contributed by atoms with Crippen molar-refractivity contribution in [2.75, 3.05) is 19.8 Å². The lowest BCUT2D eigenvalue weighted by atomic mass is 10.0. The molecule has 1 amide bonds. The van der Waals surface area contributed by atoms with Crippen molar-refractivity contribution in [2.45, 2.75) is 25.4 Å². The summed E-state index contributed by atoms with van der Waals surface area (Å²) in [6.07, 6.45) is 2.97. The van der Waals surface area contributed by atoms with Crippen molar-refractivity contribution in [1.29, 1.82) is 0 Å². The Balaban J connectivity index is 1.40. The van der Waals surface area contributed by atoms with Gasteiger partial charge in [-0.05, 0) is 36.6 Å². The summed E-state index contributed by atoms with van der Waals surface area (Å²) >= 11 is 0. The lowest BCUT2D eigenvalue weighted by molar-refractivity contribution is -0.384. The van der Waals surface area contributed by atoms with Crippen LogP contribution in [0, 0.1) is 10.1 Å². The number of non-ortho nitro benzene ring substituents is 1. The molecule has 164 valence electrons. The summed E-state index contributed by atoms with van der Waals surface area (Å²) in [7, 11) is 0. The normalized spacial score (nSPS) is 17.5. The van der Waals surface area contributed by atoms with Crippen LogP contribution in [0.4, 0.5) is 5.69 Å². The average Bonchev–Trinajstić information content (AvgIpc) is 3.30. The van der Waals surface area contributed by atoms with Crippen LogP contribution in [0.15, 0.2) is 47.5 Å². The topological polar surface area (TPSA) is 117 Å². The molecule has 3 aromatic rings. The minimum atomic E-state index is -0.566. The van der Waals surface area contributed by atoms with Gasteiger partial charge < -0.3 is 14.4 Å². The molecule has 2 aliphatic heterocycles. The van der Waals surface area contributed by atoms with Gasteiger partial charge in [0.1, 0.15) is 19.8 Å². The van der Waals surface area contributed by atoms with E-state index in [0.717, 1.165) is 18.4 Å². The van der Waals surface area contributed by atoms with Crippen molar-refractivity contribution in [3.63, 3.8) is 0 Å². The molecule has 1 atom stereocenters. The van der Waals surface area contributed by atoms with Crippen LogP contribution in [0.3, 0.4) is 0 Å². The van der Waals surface area contributed by atoms with E-state index in [1.165, 1.54) is 29.1 Å². The minimum absolute atomic E-state index is 0.110. The van der Waals surface area contributed by atoms with Gasteiger partial charge in [0.2, 0.25) is 5.91 Å². The predicted octanol–water partition coefficient (Wildman–Crippen LogP) is 2.44. The van der Waals surface area contributed by atoms with Crippen molar-refractivity contribution in [3.05, 3.63) is 68.8 Å². The summed E-state index contributed by atoms with van der Waals surface area (Å²) < 4.78 is 12.4. The standard InChI is InChI=1S/C22H20N4O6/c27-21(12-24-13-23-17-5-4-15(26(29)30)11-16(17)22(24)28)25-7-1-2-18(25)14-3-6-19-20(10-14)32-9-8-31-19/h3-6,10-11,13,18H,1-2,7-9,12H2. The van der Waals surface area contributed by atoms with Crippen molar-refractivity contribution in [3.8, 4) is 11.5 Å². The maximum atomic E-state index is 13.1. The van der Waals surface area contributed by atoms with Crippen LogP contribution in [-0.2, 0) is 11.3 Å². The van der Waals surface area contributed by atoms with Crippen LogP contribution in [-0.4, -0.2) is 45.0 Å². The number of carbonyl (C=O) groups is 1. The van der Waals surface area contributed by atoms with Crippen molar-refractivity contribution >= 4 is 22.5 Å². The number of amides is 1. The maximum absolute atomic E-state index is 13.1. The minimum Gasteiger partial charge on any atom is -0.486 e. The van der Waals surface area contributed by atoms with Gasteiger partial charge in [-0.2, -0.15) is 0 Å². The van der Waals surface area contributed by atoms with E-state index in [9.17, 15) is 19.7 Å². The van der Waals surface area contributed by atoms with Crippen LogP contribution in [0.25, 0.3) is 10.9 Å². The molecule has 2 aromatic carbocycles. The number of hydrogen-bond donors (Lipinski definition) is 0. The number of likely N-dealkylation sites (tertiary alicyclic amines) is 1. The van der Waals surface area contributed by atoms with Gasteiger partial charge in [0.15, 0.2) is 11.5 Å². The zero-order chi connectivity index (χ0) is 22.2. The third kappa shape index (κ3) is 3.53. The van der Waals surface area contributed by atoms with Gasteiger partial charge in [0.25, 0.3) is 11.2 Å². The van der Waals surface area contributed by atoms with Crippen molar-refractivity contribution in [1.82, 2.24) is 14.5 Å². The van der Waals surface area contributed by atoms with E-state index in [1.54, 1.807) is 4.90 Å². The molecule has 0 N–H and O–H groups in total. The molecule has 0 spiro atoms. The maximum Gasteiger partial charge on any atom is 0.270 e. The number of benzene rings is 2. The summed E-state index contributed by atoms with van der Waals surface area (Å²) in [4.78, 5) is 42.4. The SMILES string of the molecule is O=C(Cn1cnc2ccc([N+](=O)[O-])cc2c1=O)N1CCCC1c1ccc2c(c1)OCCO2. The quantitative estimate of drug-likeness (QED) is 0.455. The van der Waals surface area contributed by atoms with Gasteiger partial charge in [0, 0.05) is 18.7 Å². The molecule has 1 saturated heterocycles. The zero-order valence-electron chi connectivity index (χ0n) is 17.1. The summed E-state index contributed by atoms with van der Waals surface area (Å²) in [5, 5.41) is 11.2. The number of aromatic nitrogens is 2. The second-order valence-electron chi connectivity index (χ2n) is 7.78. The first kappa shape index (κ1) is 20.0. The highest BCUT2D eigenvalue weighted by Gasteiger charge is 2.31. The number of rotatable bonds is 4. The number of fused-ring (bicyclic) bond motifs is 2. The van der Waals surface area contributed by atoms with Gasteiger partial charge in [0.05, 0.1) is 28.2 Å². The first-order valence-corrected chi connectivity index (χ1v) is 10.3. The van der Waals surface area contributed by atoms with E-state index >= 15 is 0 Å². The molecule has 32 heavy (non-hydrogen) atoms. The van der Waals surface area contributed by atoms with Crippen LogP contribution in [0.1, 0.15) is 24.4 Å². The molecule has 0 saturated carbocycles. The number of ether oxygens (including phenoxy) is 2. The van der Waals surface area contributed by atoms with Gasteiger partial charge in [-0.25, -0.2) is 4.98 Å². The smallest absolute Gasteiger partial charge is 0.270 e. The first-order chi connectivity index (χ1) is 15.5. The number of nitrogens with zero attached hydrogens (tertiary/aromatic N) is 4. The molecule has 10 nitrogen and oxygen atoms in total. The van der Waals surface area contributed by atoms with Gasteiger partial charge in [-0.15, -0.1) is 0 Å². The number of nitro benzene ring substituents is 1. The van der Waals surface area contributed by atoms with E-state index < -0.39 is 10.5 Å². The van der Waals surface area contributed by atoms with Crippen molar-refractivity contribution in [2.24, 2.45) is 0 Å². The molecule has 0 aliphatic carbocycles. The molecule has 2 aliphatic rings. The zero-order valence-corrected chi connectivity index (χ0v) is 17.1. The number of carbonyl (C=O) groups excluding carboxylic acids is 1. The summed E-state index contributed by atoms with van der Waals surface area (Å²) in [6.45, 7) is 1.39. The Kier molecular flexibility index (Phi) is 4.96. The Morgan fingerprint density at radius 1 is 1.16 bits per heavy atom. The molecule has 1 fully saturated rings. The fourth-order valence-corrected chi connectivity index (χ4v) is 4.29. The lowest BCUT2D eigenvalue weighted by Gasteiger charge is -2.27. The van der Waals surface area contributed by atoms with Crippen molar-refractivity contribution < 1.29 is 19.2 Å². The fourth-order valence-electron chi connectivity index (χ4n) is 4.29. The highest BCUT2D eigenvalue weighted by atomic mass is 16.6. The Hall–Kier alpha value is -3.95. The van der Waals surface area contributed by atoms with Crippen LogP contribution >= 0.6 is 0 Å². The van der Waals surface area contributed by atoms with Crippen LogP contribution in [0.5, 0.6) is 11.5 Å². The summed E-state index contributed by atoms with van der Waals surface area (Å²) in [5.74, 6) is 1.15. The van der Waals surface area contributed by atoms with E-state index in [-0.39, 0.29) is 29.6 Å². The molecule has 10 heteroatoms. The Bertz CT molecular complexity index is 1290. The first-order valence-electron chi connectivity index (χ1n) is 10.3. The molecular weight excluding hydrogens is 416 g/mol. The summed E-state index contributed by atoms with van der Waals surface area (Å²) in [6, 6.07) is 9.50. The molecule has 3 heterocycles. The van der Waals surface area contributed by atoms with Gasteiger partial charge >= 0.3 is 0 Å². The molecular formula is C22H20N4O6. The second kappa shape index (κ2) is 7.95. The Labute approximate surface area is 182 Å². The van der Waals surface area contributed by atoms with Crippen LogP contribution in [0.2, 0.25) is 0 Å². The van der Waals surface area contributed by atoms with Crippen LogP contribution < -0.4 is 15.0 Å². The van der Waals surface area contributed by atoms with E-state index in [4.69, 9.17) is 9.47 Å². The predicted molar refractivity (Wildman–Crippen MR) is 114 cm³/mol. The fraction of sp³-hybridized carbons (Fsp3) is 0.318. The average molecular weight is 436 g/mol. The Morgan fingerprint density at radius 3 is 2.78 bits per heavy atom. The highest BCUT2D eigenvalue weighted by Crippen LogP contribution is 2.38. The van der Waals surface area contributed by atoms with E-state index in [0.29, 0.717) is 36.8 Å². The molecule has 1 unspecified atom stereocenters. The number of hydrogen-bond acceptors (Lipinski definition) is 7. The van der Waals surface area contributed by atoms with Gasteiger partial charge in [-0.1, -0.05) is 6.07 Å².